The summed E-state index contributed by atoms with van der Waals surface area (Å²) >= 11 is 13.5. The number of hydrogen-bond acceptors (Lipinski definition) is 5. The van der Waals surface area contributed by atoms with Gasteiger partial charge in [0.2, 0.25) is 5.28 Å². The van der Waals surface area contributed by atoms with Gasteiger partial charge in [-0.05, 0) is 30.2 Å². The first kappa shape index (κ1) is 12.2. The number of thioether (sulfide) groups is 1. The molecule has 88 valence electrons. The van der Waals surface area contributed by atoms with Crippen molar-refractivity contribution in [3.63, 3.8) is 0 Å². The maximum absolute atomic E-state index is 5.85. The van der Waals surface area contributed by atoms with Gasteiger partial charge >= 0.3 is 0 Å². The van der Waals surface area contributed by atoms with Crippen LogP contribution in [-0.2, 0) is 0 Å². The molecule has 1 unspecified atom stereocenters. The summed E-state index contributed by atoms with van der Waals surface area (Å²) in [5, 5.41) is 11.4. The molecule has 0 saturated carbocycles. The van der Waals surface area contributed by atoms with E-state index in [1.54, 1.807) is 0 Å². The fraction of sp³-hybridized carbons (Fsp3) is 0.667. The second kappa shape index (κ2) is 5.89. The van der Waals surface area contributed by atoms with Crippen LogP contribution in [0.25, 0.3) is 0 Å². The van der Waals surface area contributed by atoms with Crippen LogP contribution in [0, 0.1) is 0 Å². The van der Waals surface area contributed by atoms with Crippen molar-refractivity contribution in [2.75, 3.05) is 17.6 Å². The lowest BCUT2D eigenvalue weighted by atomic mass is 10.2. The van der Waals surface area contributed by atoms with Gasteiger partial charge in [-0.2, -0.15) is 16.7 Å². The third kappa shape index (κ3) is 3.37. The zero-order valence-corrected chi connectivity index (χ0v) is 10.9. The normalized spacial score (nSPS) is 20.8. The van der Waals surface area contributed by atoms with Gasteiger partial charge in [0.1, 0.15) is 0 Å². The van der Waals surface area contributed by atoms with Gasteiger partial charge < -0.3 is 5.32 Å². The molecule has 7 heteroatoms. The molecule has 1 saturated heterocycles. The fourth-order valence-electron chi connectivity index (χ4n) is 1.58. The quantitative estimate of drug-likeness (QED) is 0.922. The standard InChI is InChI=1S/C9H12Cl2N4S/c10-7-8(13-9(11)15-14-7)12-5-6-3-1-2-4-16-6/h6H,1-5H2,(H,12,13,15). The maximum Gasteiger partial charge on any atom is 0.245 e. The molecule has 0 bridgehead atoms. The van der Waals surface area contributed by atoms with E-state index in [1.807, 2.05) is 11.8 Å². The van der Waals surface area contributed by atoms with Gasteiger partial charge in [0, 0.05) is 11.8 Å². The van der Waals surface area contributed by atoms with Crippen molar-refractivity contribution in [2.45, 2.75) is 24.5 Å². The number of nitrogens with zero attached hydrogens (tertiary/aromatic N) is 3. The number of nitrogens with one attached hydrogen (secondary N) is 1. The van der Waals surface area contributed by atoms with Gasteiger partial charge in [0.05, 0.1) is 0 Å². The lowest BCUT2D eigenvalue weighted by Crippen LogP contribution is -2.20. The predicted molar refractivity (Wildman–Crippen MR) is 68.4 cm³/mol. The van der Waals surface area contributed by atoms with E-state index in [1.165, 1.54) is 25.0 Å². The third-order valence-electron chi connectivity index (χ3n) is 2.39. The summed E-state index contributed by atoms with van der Waals surface area (Å²) in [6, 6.07) is 0. The summed E-state index contributed by atoms with van der Waals surface area (Å²) < 4.78 is 0. The number of anilines is 1. The first-order chi connectivity index (χ1) is 7.75. The molecule has 2 heterocycles. The highest BCUT2D eigenvalue weighted by molar-refractivity contribution is 7.99. The Labute approximate surface area is 109 Å². The second-order valence-electron chi connectivity index (χ2n) is 3.59. The van der Waals surface area contributed by atoms with Crippen LogP contribution in [0.1, 0.15) is 19.3 Å². The summed E-state index contributed by atoms with van der Waals surface area (Å²) in [6.45, 7) is 0.847. The Bertz CT molecular complexity index is 357. The Morgan fingerprint density at radius 2 is 2.19 bits per heavy atom. The summed E-state index contributed by atoms with van der Waals surface area (Å²) in [5.74, 6) is 1.76. The highest BCUT2D eigenvalue weighted by atomic mass is 35.5. The van der Waals surface area contributed by atoms with Crippen LogP contribution in [0.4, 0.5) is 5.82 Å². The van der Waals surface area contributed by atoms with Crippen molar-refractivity contribution in [1.29, 1.82) is 0 Å². The molecule has 1 aliphatic rings. The summed E-state index contributed by atoms with van der Waals surface area (Å²) in [4.78, 5) is 4.00. The van der Waals surface area contributed by atoms with Gasteiger partial charge in [-0.15, -0.1) is 10.2 Å². The molecule has 0 aliphatic carbocycles. The molecule has 2 rings (SSSR count). The molecule has 1 N–H and O–H groups in total. The van der Waals surface area contributed by atoms with E-state index >= 15 is 0 Å². The average Bonchev–Trinajstić information content (AvgIpc) is 2.32. The number of rotatable bonds is 3. The Kier molecular flexibility index (Phi) is 4.49. The minimum absolute atomic E-state index is 0.114. The summed E-state index contributed by atoms with van der Waals surface area (Å²) in [6.07, 6.45) is 3.86. The molecule has 1 atom stereocenters. The van der Waals surface area contributed by atoms with Crippen molar-refractivity contribution < 1.29 is 0 Å². The van der Waals surface area contributed by atoms with Crippen LogP contribution in [0.15, 0.2) is 0 Å². The van der Waals surface area contributed by atoms with Crippen LogP contribution < -0.4 is 5.32 Å². The molecule has 0 aromatic carbocycles. The summed E-state index contributed by atoms with van der Waals surface area (Å²) in [7, 11) is 0. The number of aromatic nitrogens is 3. The lowest BCUT2D eigenvalue weighted by Gasteiger charge is -2.21. The lowest BCUT2D eigenvalue weighted by molar-refractivity contribution is 0.676. The van der Waals surface area contributed by atoms with E-state index in [2.05, 4.69) is 20.5 Å². The van der Waals surface area contributed by atoms with Crippen molar-refractivity contribution in [3.8, 4) is 0 Å². The molecule has 1 fully saturated rings. The highest BCUT2D eigenvalue weighted by Crippen LogP contribution is 2.26. The van der Waals surface area contributed by atoms with Crippen LogP contribution >= 0.6 is 35.0 Å². The smallest absolute Gasteiger partial charge is 0.245 e. The van der Waals surface area contributed by atoms with E-state index in [-0.39, 0.29) is 10.4 Å². The maximum atomic E-state index is 5.85. The van der Waals surface area contributed by atoms with Gasteiger partial charge in [-0.25, -0.2) is 0 Å². The fourth-order valence-corrected chi connectivity index (χ4v) is 3.09. The largest absolute Gasteiger partial charge is 0.366 e. The monoisotopic (exact) mass is 278 g/mol. The van der Waals surface area contributed by atoms with E-state index in [4.69, 9.17) is 23.2 Å². The van der Waals surface area contributed by atoms with Crippen LogP contribution in [0.3, 0.4) is 0 Å². The van der Waals surface area contributed by atoms with Crippen molar-refractivity contribution in [2.24, 2.45) is 0 Å². The first-order valence-corrected chi connectivity index (χ1v) is 6.97. The number of halogens is 2. The molecule has 16 heavy (non-hydrogen) atoms. The van der Waals surface area contributed by atoms with Crippen molar-refractivity contribution in [3.05, 3.63) is 10.4 Å². The van der Waals surface area contributed by atoms with Gasteiger partial charge in [0.25, 0.3) is 0 Å². The minimum atomic E-state index is 0.114. The van der Waals surface area contributed by atoms with E-state index < -0.39 is 0 Å². The van der Waals surface area contributed by atoms with E-state index in [0.717, 1.165) is 6.54 Å². The number of hydrogen-bond donors (Lipinski definition) is 1. The molecular weight excluding hydrogens is 267 g/mol. The van der Waals surface area contributed by atoms with E-state index in [0.29, 0.717) is 11.1 Å². The van der Waals surface area contributed by atoms with Gasteiger partial charge in [-0.1, -0.05) is 18.0 Å². The highest BCUT2D eigenvalue weighted by Gasteiger charge is 2.14. The minimum Gasteiger partial charge on any atom is -0.366 e. The summed E-state index contributed by atoms with van der Waals surface area (Å²) in [5.41, 5.74) is 0. The van der Waals surface area contributed by atoms with E-state index in [9.17, 15) is 0 Å². The zero-order chi connectivity index (χ0) is 11.4. The van der Waals surface area contributed by atoms with Crippen molar-refractivity contribution >= 4 is 40.8 Å². The predicted octanol–water partition coefficient (Wildman–Crippen LogP) is 2.88. The topological polar surface area (TPSA) is 50.7 Å². The van der Waals surface area contributed by atoms with Crippen LogP contribution in [0.5, 0.6) is 0 Å². The molecule has 0 amide bonds. The zero-order valence-electron chi connectivity index (χ0n) is 8.62. The van der Waals surface area contributed by atoms with Gasteiger partial charge in [0.15, 0.2) is 11.0 Å². The average molecular weight is 279 g/mol. The molecular formula is C9H12Cl2N4S. The molecule has 0 radical (unpaired) electrons. The SMILES string of the molecule is Clc1nnc(Cl)c(NCC2CCCCS2)n1. The Morgan fingerprint density at radius 1 is 1.31 bits per heavy atom. The Hall–Kier alpha value is -0.260. The molecule has 1 aromatic heterocycles. The van der Waals surface area contributed by atoms with Crippen LogP contribution in [-0.4, -0.2) is 32.7 Å². The Morgan fingerprint density at radius 3 is 2.94 bits per heavy atom. The second-order valence-corrected chi connectivity index (χ2v) is 5.69. The molecule has 4 nitrogen and oxygen atoms in total. The van der Waals surface area contributed by atoms with Crippen LogP contribution in [0.2, 0.25) is 10.4 Å². The Balaban J connectivity index is 1.90. The third-order valence-corrected chi connectivity index (χ3v) is 4.20. The molecule has 1 aromatic rings. The van der Waals surface area contributed by atoms with Crippen molar-refractivity contribution in [1.82, 2.24) is 15.2 Å². The molecule has 1 aliphatic heterocycles. The van der Waals surface area contributed by atoms with Gasteiger partial charge in [-0.3, -0.25) is 0 Å². The molecule has 0 spiro atoms. The first-order valence-electron chi connectivity index (χ1n) is 5.17.